The zero-order valence-electron chi connectivity index (χ0n) is 15.2. The van der Waals surface area contributed by atoms with Crippen LogP contribution >= 0.6 is 11.6 Å². The number of hydrogen-bond acceptors (Lipinski definition) is 4. The summed E-state index contributed by atoms with van der Waals surface area (Å²) in [6.07, 6.45) is 0. The Hall–Kier alpha value is -2.66. The van der Waals surface area contributed by atoms with Crippen LogP contribution in [0.1, 0.15) is 38.6 Å². The van der Waals surface area contributed by atoms with Crippen molar-refractivity contribution in [2.24, 2.45) is 0 Å². The zero-order chi connectivity index (χ0) is 18.8. The molecule has 3 aromatic rings. The molecular weight excluding hydrogens is 350 g/mol. The standard InChI is InChI=1S/C20H20ClN3O2/c1-12-5-6-13(2)16(9-12)11-26-20(25)19-17(21)7-8-18(22-19)24-15(4)10-14(3)23-24/h5-10H,11H2,1-4H3. The summed E-state index contributed by atoms with van der Waals surface area (Å²) in [6.45, 7) is 7.99. The van der Waals surface area contributed by atoms with Crippen molar-refractivity contribution in [1.82, 2.24) is 14.8 Å². The van der Waals surface area contributed by atoms with Crippen LogP contribution in [0.25, 0.3) is 5.82 Å². The molecule has 0 N–H and O–H groups in total. The first-order valence-electron chi connectivity index (χ1n) is 8.28. The number of ether oxygens (including phenoxy) is 1. The van der Waals surface area contributed by atoms with E-state index in [0.717, 1.165) is 28.1 Å². The average molecular weight is 370 g/mol. The minimum absolute atomic E-state index is 0.0852. The highest BCUT2D eigenvalue weighted by atomic mass is 35.5. The van der Waals surface area contributed by atoms with Crippen LogP contribution in [0.5, 0.6) is 0 Å². The van der Waals surface area contributed by atoms with Crippen molar-refractivity contribution >= 4 is 17.6 Å². The largest absolute Gasteiger partial charge is 0.456 e. The number of rotatable bonds is 4. The first-order chi connectivity index (χ1) is 12.3. The van der Waals surface area contributed by atoms with Gasteiger partial charge in [-0.3, -0.25) is 0 Å². The number of hydrogen-bond donors (Lipinski definition) is 0. The SMILES string of the molecule is Cc1ccc(C)c(COC(=O)c2nc(-n3nc(C)cc3C)ccc2Cl)c1. The Morgan fingerprint density at radius 2 is 1.88 bits per heavy atom. The maximum Gasteiger partial charge on any atom is 0.358 e. The third-order valence-corrected chi connectivity index (χ3v) is 4.42. The van der Waals surface area contributed by atoms with E-state index >= 15 is 0 Å². The lowest BCUT2D eigenvalue weighted by Gasteiger charge is -2.10. The first kappa shape index (κ1) is 18.1. The molecule has 6 heteroatoms. The highest BCUT2D eigenvalue weighted by Crippen LogP contribution is 2.20. The van der Waals surface area contributed by atoms with E-state index in [1.165, 1.54) is 0 Å². The molecule has 26 heavy (non-hydrogen) atoms. The molecule has 0 saturated heterocycles. The molecule has 1 aromatic carbocycles. The van der Waals surface area contributed by atoms with E-state index in [0.29, 0.717) is 5.82 Å². The summed E-state index contributed by atoms with van der Waals surface area (Å²) in [4.78, 5) is 16.9. The molecule has 0 aliphatic carbocycles. The van der Waals surface area contributed by atoms with Gasteiger partial charge in [0.15, 0.2) is 11.5 Å². The summed E-state index contributed by atoms with van der Waals surface area (Å²) >= 11 is 6.17. The second-order valence-electron chi connectivity index (χ2n) is 6.34. The molecule has 0 radical (unpaired) electrons. The van der Waals surface area contributed by atoms with Crippen molar-refractivity contribution in [3.05, 3.63) is 75.2 Å². The smallest absolute Gasteiger partial charge is 0.358 e. The van der Waals surface area contributed by atoms with E-state index in [2.05, 4.69) is 10.1 Å². The van der Waals surface area contributed by atoms with Crippen LogP contribution in [-0.4, -0.2) is 20.7 Å². The predicted molar refractivity (Wildman–Crippen MR) is 101 cm³/mol. The fourth-order valence-corrected chi connectivity index (χ4v) is 2.90. The van der Waals surface area contributed by atoms with Crippen LogP contribution in [0.4, 0.5) is 0 Å². The molecule has 0 aliphatic rings. The lowest BCUT2D eigenvalue weighted by atomic mass is 10.1. The fraction of sp³-hybridized carbons (Fsp3) is 0.250. The number of halogens is 1. The highest BCUT2D eigenvalue weighted by molar-refractivity contribution is 6.33. The number of benzene rings is 1. The number of carbonyl (C=O) groups excluding carboxylic acids is 1. The topological polar surface area (TPSA) is 57.0 Å². The number of aryl methyl sites for hydroxylation is 4. The van der Waals surface area contributed by atoms with E-state index < -0.39 is 5.97 Å². The maximum atomic E-state index is 12.5. The zero-order valence-corrected chi connectivity index (χ0v) is 16.0. The van der Waals surface area contributed by atoms with Gasteiger partial charge in [-0.2, -0.15) is 5.10 Å². The van der Waals surface area contributed by atoms with Gasteiger partial charge in [0.05, 0.1) is 10.7 Å². The Kier molecular flexibility index (Phi) is 5.09. The Labute approximate surface area is 157 Å². The Morgan fingerprint density at radius 1 is 1.12 bits per heavy atom. The second kappa shape index (κ2) is 7.30. The van der Waals surface area contributed by atoms with Gasteiger partial charge in [-0.1, -0.05) is 35.4 Å². The van der Waals surface area contributed by atoms with E-state index in [1.54, 1.807) is 16.8 Å². The summed E-state index contributed by atoms with van der Waals surface area (Å²) in [5.41, 5.74) is 5.03. The van der Waals surface area contributed by atoms with Crippen molar-refractivity contribution < 1.29 is 9.53 Å². The number of pyridine rings is 1. The summed E-state index contributed by atoms with van der Waals surface area (Å²) < 4.78 is 7.12. The van der Waals surface area contributed by atoms with Gasteiger partial charge in [0, 0.05) is 5.69 Å². The van der Waals surface area contributed by atoms with Gasteiger partial charge in [0.1, 0.15) is 6.61 Å². The van der Waals surface area contributed by atoms with E-state index in [1.807, 2.05) is 52.0 Å². The summed E-state index contributed by atoms with van der Waals surface area (Å²) in [6, 6.07) is 11.3. The van der Waals surface area contributed by atoms with Crippen molar-refractivity contribution in [3.63, 3.8) is 0 Å². The van der Waals surface area contributed by atoms with E-state index in [9.17, 15) is 4.79 Å². The van der Waals surface area contributed by atoms with Crippen LogP contribution in [0.15, 0.2) is 36.4 Å². The monoisotopic (exact) mass is 369 g/mol. The van der Waals surface area contributed by atoms with Crippen molar-refractivity contribution in [2.45, 2.75) is 34.3 Å². The fourth-order valence-electron chi connectivity index (χ4n) is 2.72. The number of aromatic nitrogens is 3. The van der Waals surface area contributed by atoms with Gasteiger partial charge in [-0.15, -0.1) is 0 Å². The van der Waals surface area contributed by atoms with Gasteiger partial charge in [-0.25, -0.2) is 14.5 Å². The van der Waals surface area contributed by atoms with Crippen LogP contribution < -0.4 is 0 Å². The van der Waals surface area contributed by atoms with Crippen LogP contribution in [0.2, 0.25) is 5.02 Å². The van der Waals surface area contributed by atoms with E-state index in [-0.39, 0.29) is 17.3 Å². The Balaban J connectivity index is 1.84. The molecule has 0 bridgehead atoms. The molecule has 0 spiro atoms. The van der Waals surface area contributed by atoms with Crippen molar-refractivity contribution in [2.75, 3.05) is 0 Å². The number of nitrogens with zero attached hydrogens (tertiary/aromatic N) is 3. The van der Waals surface area contributed by atoms with E-state index in [4.69, 9.17) is 16.3 Å². The third kappa shape index (κ3) is 3.78. The number of esters is 1. The molecule has 0 aliphatic heterocycles. The average Bonchev–Trinajstić information content (AvgIpc) is 2.94. The summed E-state index contributed by atoms with van der Waals surface area (Å²) in [5.74, 6) is -0.0297. The summed E-state index contributed by atoms with van der Waals surface area (Å²) in [5, 5.41) is 4.64. The quantitative estimate of drug-likeness (QED) is 0.635. The van der Waals surface area contributed by atoms with Gasteiger partial charge in [0.2, 0.25) is 0 Å². The Morgan fingerprint density at radius 3 is 2.58 bits per heavy atom. The molecule has 0 amide bonds. The van der Waals surface area contributed by atoms with Crippen molar-refractivity contribution in [1.29, 1.82) is 0 Å². The molecule has 0 saturated carbocycles. The minimum atomic E-state index is -0.556. The minimum Gasteiger partial charge on any atom is -0.456 e. The molecular formula is C20H20ClN3O2. The van der Waals surface area contributed by atoms with Crippen LogP contribution in [0.3, 0.4) is 0 Å². The lowest BCUT2D eigenvalue weighted by molar-refractivity contribution is 0.0465. The molecule has 3 rings (SSSR count). The molecule has 2 heterocycles. The summed E-state index contributed by atoms with van der Waals surface area (Å²) in [7, 11) is 0. The van der Waals surface area contributed by atoms with Crippen LogP contribution in [-0.2, 0) is 11.3 Å². The molecule has 2 aromatic heterocycles. The lowest BCUT2D eigenvalue weighted by Crippen LogP contribution is -2.12. The molecule has 0 atom stereocenters. The molecule has 134 valence electrons. The molecule has 0 unspecified atom stereocenters. The maximum absolute atomic E-state index is 12.5. The number of carbonyl (C=O) groups is 1. The second-order valence-corrected chi connectivity index (χ2v) is 6.75. The molecule has 0 fully saturated rings. The van der Waals surface area contributed by atoms with Crippen molar-refractivity contribution in [3.8, 4) is 5.82 Å². The van der Waals surface area contributed by atoms with Gasteiger partial charge >= 0.3 is 5.97 Å². The Bertz CT molecular complexity index is 979. The normalized spacial score (nSPS) is 10.8. The molecule has 5 nitrogen and oxygen atoms in total. The van der Waals surface area contributed by atoms with Gasteiger partial charge in [0.25, 0.3) is 0 Å². The first-order valence-corrected chi connectivity index (χ1v) is 8.66. The third-order valence-electron chi connectivity index (χ3n) is 4.11. The van der Waals surface area contributed by atoms with Gasteiger partial charge < -0.3 is 4.74 Å². The van der Waals surface area contributed by atoms with Gasteiger partial charge in [-0.05, 0) is 57.0 Å². The van der Waals surface area contributed by atoms with Crippen LogP contribution in [0, 0.1) is 27.7 Å². The predicted octanol–water partition coefficient (Wildman–Crippen LogP) is 4.51. The highest BCUT2D eigenvalue weighted by Gasteiger charge is 2.17.